The molecular formula is C28H38N2O4. The van der Waals surface area contributed by atoms with Gasteiger partial charge in [-0.05, 0) is 42.5 Å². The summed E-state index contributed by atoms with van der Waals surface area (Å²) in [4.78, 5) is 15.5. The summed E-state index contributed by atoms with van der Waals surface area (Å²) in [5.74, 6) is 1.44. The minimum absolute atomic E-state index is 0.0800. The molecule has 3 aromatic rings. The Bertz CT molecular complexity index is 1020. The number of H-pyrrole nitrogens is 1. The van der Waals surface area contributed by atoms with Crippen molar-refractivity contribution in [3.05, 3.63) is 48.4 Å². The number of ketones is 1. The molecular weight excluding hydrogens is 428 g/mol. The number of aliphatic hydroxyl groups is 1. The number of phenols is 1. The molecule has 1 atom stereocenters. The van der Waals surface area contributed by atoms with Crippen LogP contribution in [0.25, 0.3) is 10.9 Å². The lowest BCUT2D eigenvalue weighted by Crippen LogP contribution is -2.14. The van der Waals surface area contributed by atoms with Crippen molar-refractivity contribution in [1.82, 2.24) is 9.55 Å². The molecule has 1 aliphatic carbocycles. The van der Waals surface area contributed by atoms with Crippen molar-refractivity contribution in [2.75, 3.05) is 0 Å². The molecule has 0 radical (unpaired) electrons. The Morgan fingerprint density at radius 1 is 1.15 bits per heavy atom. The number of Topliss-reactive ketones (excluding diaryl/α,β-unsaturated/α-hetero) is 1. The number of unbranched alkanes of at least 4 members (excludes halogenated alkanes) is 1. The molecule has 6 nitrogen and oxygen atoms in total. The molecule has 1 aliphatic rings. The largest absolute Gasteiger partial charge is 0.504 e. The summed E-state index contributed by atoms with van der Waals surface area (Å²) in [7, 11) is 0. The maximum Gasteiger partial charge on any atom is 0.165 e. The van der Waals surface area contributed by atoms with Crippen LogP contribution in [-0.4, -0.2) is 31.7 Å². The topological polar surface area (TPSA) is 87.5 Å². The summed E-state index contributed by atoms with van der Waals surface area (Å²) in [6.07, 6.45) is 17.5. The first-order valence-electron chi connectivity index (χ1n) is 12.8. The van der Waals surface area contributed by atoms with Gasteiger partial charge < -0.3 is 24.5 Å². The fraction of sp³-hybridized carbons (Fsp3) is 0.536. The SMILES string of the molecule is O=C(CCc1ccc(O)c(OCn2cc3cc[nH]c3c2)c1)C[C@H](O)CCCCC1CCCCC1. The number of aromatic amines is 1. The number of phenolic OH excluding ortho intramolecular Hbond substituents is 1. The molecule has 0 unspecified atom stereocenters. The number of benzene rings is 1. The number of rotatable bonds is 13. The van der Waals surface area contributed by atoms with Crippen LogP contribution in [0.15, 0.2) is 42.9 Å². The second-order valence-corrected chi connectivity index (χ2v) is 9.88. The van der Waals surface area contributed by atoms with E-state index in [1.165, 1.54) is 38.5 Å². The van der Waals surface area contributed by atoms with Gasteiger partial charge in [-0.2, -0.15) is 0 Å². The fourth-order valence-electron chi connectivity index (χ4n) is 5.09. The van der Waals surface area contributed by atoms with Crippen molar-refractivity contribution in [3.8, 4) is 11.5 Å². The first kappa shape index (κ1) is 24.4. The minimum Gasteiger partial charge on any atom is -0.504 e. The summed E-state index contributed by atoms with van der Waals surface area (Å²) in [5, 5.41) is 21.5. The molecule has 4 rings (SSSR count). The van der Waals surface area contributed by atoms with Gasteiger partial charge in [-0.25, -0.2) is 0 Å². The van der Waals surface area contributed by atoms with E-state index in [0.717, 1.165) is 35.2 Å². The number of hydrogen-bond donors (Lipinski definition) is 3. The molecule has 2 heterocycles. The lowest BCUT2D eigenvalue weighted by atomic mass is 9.85. The molecule has 184 valence electrons. The number of nitrogens with zero attached hydrogens (tertiary/aromatic N) is 1. The van der Waals surface area contributed by atoms with Crippen LogP contribution in [0.5, 0.6) is 11.5 Å². The van der Waals surface area contributed by atoms with Gasteiger partial charge in [0.1, 0.15) is 5.78 Å². The Kier molecular flexibility index (Phi) is 8.69. The van der Waals surface area contributed by atoms with E-state index in [2.05, 4.69) is 4.98 Å². The van der Waals surface area contributed by atoms with Crippen LogP contribution in [0.2, 0.25) is 0 Å². The molecule has 1 aromatic carbocycles. The van der Waals surface area contributed by atoms with E-state index in [4.69, 9.17) is 4.74 Å². The number of carbonyl (C=O) groups excluding carboxylic acids is 1. The van der Waals surface area contributed by atoms with E-state index < -0.39 is 6.10 Å². The average Bonchev–Trinajstić information content (AvgIpc) is 3.43. The van der Waals surface area contributed by atoms with Crippen molar-refractivity contribution >= 4 is 16.7 Å². The Labute approximate surface area is 201 Å². The standard InChI is InChI=1S/C28H38N2O4/c31-24(9-5-4-8-21-6-2-1-3-7-21)17-25(32)12-10-22-11-13-27(33)28(16-22)34-20-30-18-23-14-15-29-26(23)19-30/h11,13-16,18-19,21,24,29,31,33H,1-10,12,17,20H2/t24-/m1/s1. The number of aliphatic hydroxyl groups excluding tert-OH is 1. The minimum atomic E-state index is -0.537. The van der Waals surface area contributed by atoms with Gasteiger partial charge in [0.25, 0.3) is 0 Å². The molecule has 0 spiro atoms. The molecule has 3 N–H and O–H groups in total. The van der Waals surface area contributed by atoms with Crippen LogP contribution in [0.4, 0.5) is 0 Å². The van der Waals surface area contributed by atoms with Crippen molar-refractivity contribution in [2.24, 2.45) is 5.92 Å². The third kappa shape index (κ3) is 7.13. The maximum atomic E-state index is 12.4. The van der Waals surface area contributed by atoms with Gasteiger partial charge in [-0.1, -0.05) is 57.4 Å². The monoisotopic (exact) mass is 466 g/mol. The number of fused-ring (bicyclic) bond motifs is 1. The summed E-state index contributed by atoms with van der Waals surface area (Å²) >= 11 is 0. The Balaban J connectivity index is 1.16. The molecule has 1 fully saturated rings. The van der Waals surface area contributed by atoms with Crippen LogP contribution in [-0.2, 0) is 17.9 Å². The molecule has 0 aliphatic heterocycles. The predicted octanol–water partition coefficient (Wildman–Crippen LogP) is 6.10. The quantitative estimate of drug-likeness (QED) is 0.265. The lowest BCUT2D eigenvalue weighted by molar-refractivity contribution is -0.121. The summed E-state index contributed by atoms with van der Waals surface area (Å²) in [5.41, 5.74) is 1.97. The maximum absolute atomic E-state index is 12.4. The van der Waals surface area contributed by atoms with Crippen molar-refractivity contribution in [3.63, 3.8) is 0 Å². The second kappa shape index (κ2) is 12.1. The van der Waals surface area contributed by atoms with E-state index in [1.54, 1.807) is 12.1 Å². The Morgan fingerprint density at radius 3 is 2.82 bits per heavy atom. The van der Waals surface area contributed by atoms with E-state index in [1.807, 2.05) is 35.3 Å². The van der Waals surface area contributed by atoms with Gasteiger partial charge in [0.2, 0.25) is 0 Å². The lowest BCUT2D eigenvalue weighted by Gasteiger charge is -2.21. The van der Waals surface area contributed by atoms with Crippen LogP contribution in [0.1, 0.15) is 76.2 Å². The van der Waals surface area contributed by atoms with Gasteiger partial charge in [0.15, 0.2) is 18.2 Å². The van der Waals surface area contributed by atoms with E-state index >= 15 is 0 Å². The number of nitrogens with one attached hydrogen (secondary N) is 1. The third-order valence-corrected chi connectivity index (χ3v) is 7.09. The zero-order valence-corrected chi connectivity index (χ0v) is 20.0. The second-order valence-electron chi connectivity index (χ2n) is 9.88. The van der Waals surface area contributed by atoms with Crippen LogP contribution in [0, 0.1) is 5.92 Å². The number of aromatic nitrogens is 2. The number of ether oxygens (including phenoxy) is 1. The van der Waals surface area contributed by atoms with Gasteiger partial charge in [-0.3, -0.25) is 4.79 Å². The molecule has 34 heavy (non-hydrogen) atoms. The van der Waals surface area contributed by atoms with E-state index in [9.17, 15) is 15.0 Å². The first-order chi connectivity index (χ1) is 16.6. The summed E-state index contributed by atoms with van der Waals surface area (Å²) < 4.78 is 7.72. The third-order valence-electron chi connectivity index (χ3n) is 7.09. The normalized spacial score (nSPS) is 15.6. The van der Waals surface area contributed by atoms with E-state index in [-0.39, 0.29) is 24.7 Å². The highest BCUT2D eigenvalue weighted by Gasteiger charge is 2.15. The summed E-state index contributed by atoms with van der Waals surface area (Å²) in [6.45, 7) is 0.283. The first-order valence-corrected chi connectivity index (χ1v) is 12.8. The number of carbonyl (C=O) groups is 1. The highest BCUT2D eigenvalue weighted by Crippen LogP contribution is 2.29. The molecule has 0 saturated heterocycles. The number of aromatic hydroxyl groups is 1. The fourth-order valence-corrected chi connectivity index (χ4v) is 5.09. The number of aryl methyl sites for hydroxylation is 1. The average molecular weight is 467 g/mol. The van der Waals surface area contributed by atoms with Crippen LogP contribution < -0.4 is 4.74 Å². The van der Waals surface area contributed by atoms with Crippen molar-refractivity contribution < 1.29 is 19.7 Å². The zero-order chi connectivity index (χ0) is 23.8. The van der Waals surface area contributed by atoms with Crippen LogP contribution >= 0.6 is 0 Å². The van der Waals surface area contributed by atoms with Crippen molar-refractivity contribution in [1.29, 1.82) is 0 Å². The number of hydrogen-bond acceptors (Lipinski definition) is 4. The van der Waals surface area contributed by atoms with Crippen LogP contribution in [0.3, 0.4) is 0 Å². The van der Waals surface area contributed by atoms with Gasteiger partial charge in [0.05, 0.1) is 11.6 Å². The molecule has 1 saturated carbocycles. The van der Waals surface area contributed by atoms with E-state index in [0.29, 0.717) is 25.0 Å². The molecule has 2 aromatic heterocycles. The predicted molar refractivity (Wildman–Crippen MR) is 134 cm³/mol. The highest BCUT2D eigenvalue weighted by atomic mass is 16.5. The highest BCUT2D eigenvalue weighted by molar-refractivity contribution is 5.79. The van der Waals surface area contributed by atoms with Gasteiger partial charge in [-0.15, -0.1) is 0 Å². The molecule has 0 amide bonds. The van der Waals surface area contributed by atoms with Gasteiger partial charge >= 0.3 is 0 Å². The Morgan fingerprint density at radius 2 is 2.00 bits per heavy atom. The van der Waals surface area contributed by atoms with Gasteiger partial charge in [0, 0.05) is 36.8 Å². The zero-order valence-electron chi connectivity index (χ0n) is 20.0. The molecule has 6 heteroatoms. The Hall–Kier alpha value is -2.73. The molecule has 0 bridgehead atoms. The smallest absolute Gasteiger partial charge is 0.165 e. The summed E-state index contributed by atoms with van der Waals surface area (Å²) in [6, 6.07) is 7.21. The van der Waals surface area contributed by atoms with Crippen molar-refractivity contribution in [2.45, 2.75) is 89.9 Å².